The number of hydrogen-bond donors (Lipinski definition) is 1. The van der Waals surface area contributed by atoms with Gasteiger partial charge in [-0.05, 0) is 18.6 Å². The first kappa shape index (κ1) is 11.5. The van der Waals surface area contributed by atoms with E-state index in [9.17, 15) is 4.79 Å². The highest BCUT2D eigenvalue weighted by molar-refractivity contribution is 7.80. The van der Waals surface area contributed by atoms with Crippen LogP contribution in [0.5, 0.6) is 0 Å². The van der Waals surface area contributed by atoms with Crippen LogP contribution in [0.3, 0.4) is 0 Å². The molecule has 0 saturated heterocycles. The molecule has 1 aromatic rings. The summed E-state index contributed by atoms with van der Waals surface area (Å²) in [6.07, 6.45) is 1.57. The molecule has 0 bridgehead atoms. The van der Waals surface area contributed by atoms with E-state index in [1.165, 1.54) is 6.20 Å². The van der Waals surface area contributed by atoms with Crippen molar-refractivity contribution >= 4 is 18.6 Å². The molecule has 0 spiro atoms. The van der Waals surface area contributed by atoms with Crippen molar-refractivity contribution in [2.45, 2.75) is 18.2 Å². The Morgan fingerprint density at radius 2 is 2.47 bits per heavy atom. The second kappa shape index (κ2) is 5.37. The third-order valence-electron chi connectivity index (χ3n) is 1.72. The summed E-state index contributed by atoms with van der Waals surface area (Å²) >= 11 is 4.15. The van der Waals surface area contributed by atoms with E-state index in [0.717, 1.165) is 0 Å². The van der Waals surface area contributed by atoms with E-state index in [2.05, 4.69) is 17.6 Å². The second-order valence-corrected chi connectivity index (χ2v) is 3.27. The third kappa shape index (κ3) is 3.26. The number of pyridine rings is 1. The number of nitrogens with zero attached hydrogens (tertiary/aromatic N) is 2. The molecule has 0 unspecified atom stereocenters. The maximum Gasteiger partial charge on any atom is 0.310 e. The molecule has 0 N–H and O–H groups in total. The third-order valence-corrected chi connectivity index (χ3v) is 2.12. The van der Waals surface area contributed by atoms with Gasteiger partial charge in [0, 0.05) is 11.1 Å². The van der Waals surface area contributed by atoms with Crippen LogP contribution >= 0.6 is 12.6 Å². The van der Waals surface area contributed by atoms with Crippen LogP contribution in [0.15, 0.2) is 17.2 Å². The number of thiol groups is 1. The predicted octanol–water partition coefficient (Wildman–Crippen LogP) is 1.35. The maximum absolute atomic E-state index is 11.2. The van der Waals surface area contributed by atoms with Crippen molar-refractivity contribution in [3.63, 3.8) is 0 Å². The summed E-state index contributed by atoms with van der Waals surface area (Å²) in [5, 5.41) is 8.64. The van der Waals surface area contributed by atoms with Crippen LogP contribution in [0.4, 0.5) is 0 Å². The Bertz CT molecular complexity index is 412. The average molecular weight is 222 g/mol. The molecule has 0 aliphatic heterocycles. The molecule has 78 valence electrons. The van der Waals surface area contributed by atoms with E-state index in [4.69, 9.17) is 10.00 Å². The summed E-state index contributed by atoms with van der Waals surface area (Å²) in [6.45, 7) is 2.09. The molecule has 0 aliphatic carbocycles. The molecule has 0 fully saturated rings. The van der Waals surface area contributed by atoms with Crippen molar-refractivity contribution in [1.29, 1.82) is 5.26 Å². The van der Waals surface area contributed by atoms with E-state index >= 15 is 0 Å². The van der Waals surface area contributed by atoms with E-state index in [1.807, 2.05) is 6.07 Å². The molecular formula is C10H10N2O2S. The largest absolute Gasteiger partial charge is 0.466 e. The number of rotatable bonds is 3. The molecule has 0 aromatic carbocycles. The van der Waals surface area contributed by atoms with E-state index in [1.54, 1.807) is 13.0 Å². The van der Waals surface area contributed by atoms with Crippen LogP contribution in [0.25, 0.3) is 0 Å². The van der Waals surface area contributed by atoms with Gasteiger partial charge in [-0.25, -0.2) is 4.98 Å². The minimum absolute atomic E-state index is 0.115. The molecule has 1 rings (SSSR count). The topological polar surface area (TPSA) is 63.0 Å². The van der Waals surface area contributed by atoms with Gasteiger partial charge in [-0.15, -0.1) is 12.6 Å². The molecule has 0 atom stereocenters. The Morgan fingerprint density at radius 1 is 1.73 bits per heavy atom. The molecule has 0 aliphatic rings. The fraction of sp³-hybridized carbons (Fsp3) is 0.300. The zero-order valence-corrected chi connectivity index (χ0v) is 9.12. The van der Waals surface area contributed by atoms with Gasteiger partial charge in [0.05, 0.1) is 13.0 Å². The smallest absolute Gasteiger partial charge is 0.310 e. The lowest BCUT2D eigenvalue weighted by Gasteiger charge is -2.04. The number of carbonyl (C=O) groups excluding carboxylic acids is 1. The molecule has 5 heteroatoms. The molecule has 4 nitrogen and oxygen atoms in total. The maximum atomic E-state index is 11.2. The minimum Gasteiger partial charge on any atom is -0.466 e. The van der Waals surface area contributed by atoms with Gasteiger partial charge >= 0.3 is 5.97 Å². The van der Waals surface area contributed by atoms with Gasteiger partial charge in [-0.1, -0.05) is 0 Å². The number of carbonyl (C=O) groups is 1. The Balaban J connectivity index is 2.85. The van der Waals surface area contributed by atoms with E-state index in [-0.39, 0.29) is 18.1 Å². The molecule has 1 aromatic heterocycles. The fourth-order valence-electron chi connectivity index (χ4n) is 1.06. The lowest BCUT2D eigenvalue weighted by atomic mass is 10.2. The van der Waals surface area contributed by atoms with Crippen molar-refractivity contribution in [1.82, 2.24) is 4.98 Å². The van der Waals surface area contributed by atoms with Crippen LogP contribution < -0.4 is 0 Å². The van der Waals surface area contributed by atoms with Gasteiger partial charge < -0.3 is 4.74 Å². The number of ether oxygens (including phenoxy) is 1. The van der Waals surface area contributed by atoms with Crippen LogP contribution in [-0.4, -0.2) is 17.6 Å². The Morgan fingerprint density at radius 3 is 3.07 bits per heavy atom. The SMILES string of the molecule is CCOC(=O)Cc1cc(C#N)ncc1S. The van der Waals surface area contributed by atoms with Crippen LogP contribution in [0, 0.1) is 11.3 Å². The Labute approximate surface area is 93.3 Å². The average Bonchev–Trinajstić information content (AvgIpc) is 2.21. The zero-order valence-electron chi connectivity index (χ0n) is 8.23. The van der Waals surface area contributed by atoms with Gasteiger partial charge in [0.1, 0.15) is 11.8 Å². The van der Waals surface area contributed by atoms with Crippen molar-refractivity contribution in [2.24, 2.45) is 0 Å². The Kier molecular flexibility index (Phi) is 4.13. The zero-order chi connectivity index (χ0) is 11.3. The predicted molar refractivity (Wildman–Crippen MR) is 56.5 cm³/mol. The highest BCUT2D eigenvalue weighted by Gasteiger charge is 2.08. The number of esters is 1. The van der Waals surface area contributed by atoms with Gasteiger partial charge in [0.15, 0.2) is 0 Å². The fourth-order valence-corrected chi connectivity index (χ4v) is 1.26. The molecule has 0 amide bonds. The van der Waals surface area contributed by atoms with E-state index < -0.39 is 0 Å². The quantitative estimate of drug-likeness (QED) is 0.619. The molecule has 1 heterocycles. The lowest BCUT2D eigenvalue weighted by molar-refractivity contribution is -0.142. The highest BCUT2D eigenvalue weighted by atomic mass is 32.1. The van der Waals surface area contributed by atoms with Crippen molar-refractivity contribution in [3.05, 3.63) is 23.5 Å². The molecule has 15 heavy (non-hydrogen) atoms. The molecule has 0 saturated carbocycles. The van der Waals surface area contributed by atoms with Gasteiger partial charge in [0.25, 0.3) is 0 Å². The van der Waals surface area contributed by atoms with Crippen molar-refractivity contribution < 1.29 is 9.53 Å². The molecule has 0 radical (unpaired) electrons. The first-order valence-electron chi connectivity index (χ1n) is 4.41. The van der Waals surface area contributed by atoms with Crippen LogP contribution in [0.2, 0.25) is 0 Å². The summed E-state index contributed by atoms with van der Waals surface area (Å²) in [7, 11) is 0. The van der Waals surface area contributed by atoms with Gasteiger partial charge in [-0.3, -0.25) is 4.79 Å². The number of nitriles is 1. The van der Waals surface area contributed by atoms with Crippen molar-refractivity contribution in [2.75, 3.05) is 6.61 Å². The first-order valence-corrected chi connectivity index (χ1v) is 4.85. The summed E-state index contributed by atoms with van der Waals surface area (Å²) < 4.78 is 4.80. The van der Waals surface area contributed by atoms with Gasteiger partial charge in [0.2, 0.25) is 0 Å². The van der Waals surface area contributed by atoms with Crippen molar-refractivity contribution in [3.8, 4) is 6.07 Å². The van der Waals surface area contributed by atoms with Crippen LogP contribution in [-0.2, 0) is 16.0 Å². The minimum atomic E-state index is -0.331. The summed E-state index contributed by atoms with van der Waals surface area (Å²) in [4.78, 5) is 15.6. The van der Waals surface area contributed by atoms with E-state index in [0.29, 0.717) is 17.1 Å². The van der Waals surface area contributed by atoms with Crippen LogP contribution in [0.1, 0.15) is 18.2 Å². The summed E-state index contributed by atoms with van der Waals surface area (Å²) in [5.74, 6) is -0.331. The Hall–Kier alpha value is -1.54. The number of aromatic nitrogens is 1. The number of hydrogen-bond acceptors (Lipinski definition) is 5. The second-order valence-electron chi connectivity index (χ2n) is 2.79. The lowest BCUT2D eigenvalue weighted by Crippen LogP contribution is -2.08. The normalized spacial score (nSPS) is 9.40. The van der Waals surface area contributed by atoms with Gasteiger partial charge in [-0.2, -0.15) is 5.26 Å². The highest BCUT2D eigenvalue weighted by Crippen LogP contribution is 2.14. The summed E-state index contributed by atoms with van der Waals surface area (Å²) in [5.41, 5.74) is 0.926. The first-order chi connectivity index (χ1) is 7.17. The standard InChI is InChI=1S/C10H10N2O2S/c1-2-14-10(13)4-7-3-8(5-11)12-6-9(7)15/h3,6,15H,2,4H2,1H3. The monoisotopic (exact) mass is 222 g/mol. The summed E-state index contributed by atoms with van der Waals surface area (Å²) in [6, 6.07) is 3.44. The molecular weight excluding hydrogens is 212 g/mol.